The van der Waals surface area contributed by atoms with Gasteiger partial charge in [-0.1, -0.05) is 157 Å². The quantitative estimate of drug-likeness (QED) is 0.0237. The average molecular weight is 948 g/mol. The third-order valence-electron chi connectivity index (χ3n) is 11.8. The van der Waals surface area contributed by atoms with Crippen LogP contribution in [0.4, 0.5) is 0 Å². The lowest BCUT2D eigenvalue weighted by molar-refractivity contribution is -0.359. The maximum absolute atomic E-state index is 13.2. The summed E-state index contributed by atoms with van der Waals surface area (Å²) in [5.41, 5.74) is 0. The lowest BCUT2D eigenvalue weighted by atomic mass is 9.97. The molecule has 2 aliphatic heterocycles. The minimum absolute atomic E-state index is 0.221. The van der Waals surface area contributed by atoms with Crippen LogP contribution in [0.25, 0.3) is 0 Å². The van der Waals surface area contributed by atoms with E-state index in [-0.39, 0.29) is 18.9 Å². The summed E-state index contributed by atoms with van der Waals surface area (Å²) in [6, 6.07) is -0.941. The number of unbranched alkanes of at least 4 members (excludes halogenated alkanes) is 12. The molecule has 2 heterocycles. The number of aliphatic hydroxyl groups is 8. The van der Waals surface area contributed by atoms with Gasteiger partial charge in [0.15, 0.2) is 12.6 Å². The van der Waals surface area contributed by atoms with E-state index >= 15 is 0 Å². The van der Waals surface area contributed by atoms with Gasteiger partial charge in [0, 0.05) is 6.42 Å². The number of nitrogens with one attached hydrogen (secondary N) is 1. The van der Waals surface area contributed by atoms with Crippen molar-refractivity contribution in [1.82, 2.24) is 5.32 Å². The molecule has 2 saturated heterocycles. The first kappa shape index (κ1) is 60.3. The molecule has 0 bridgehead atoms. The van der Waals surface area contributed by atoms with E-state index in [2.05, 4.69) is 92.1 Å². The van der Waals surface area contributed by atoms with Crippen molar-refractivity contribution in [3.8, 4) is 0 Å². The van der Waals surface area contributed by atoms with Gasteiger partial charge in [0.2, 0.25) is 5.91 Å². The predicted octanol–water partition coefficient (Wildman–Crippen LogP) is 6.60. The van der Waals surface area contributed by atoms with E-state index in [1.807, 2.05) is 6.08 Å². The Morgan fingerprint density at radius 2 is 1.03 bits per heavy atom. The summed E-state index contributed by atoms with van der Waals surface area (Å²) in [6.45, 7) is 2.60. The van der Waals surface area contributed by atoms with E-state index < -0.39 is 86.8 Å². The third-order valence-corrected chi connectivity index (χ3v) is 11.8. The summed E-state index contributed by atoms with van der Waals surface area (Å²) in [7, 11) is 0. The first-order chi connectivity index (χ1) is 32.6. The summed E-state index contributed by atoms with van der Waals surface area (Å²) in [4.78, 5) is 13.2. The zero-order valence-electron chi connectivity index (χ0n) is 40.6. The maximum atomic E-state index is 13.2. The Morgan fingerprint density at radius 3 is 1.58 bits per heavy atom. The van der Waals surface area contributed by atoms with Crippen LogP contribution in [-0.2, 0) is 23.7 Å². The van der Waals surface area contributed by atoms with Crippen molar-refractivity contribution in [2.45, 2.75) is 222 Å². The molecule has 67 heavy (non-hydrogen) atoms. The van der Waals surface area contributed by atoms with E-state index in [0.717, 1.165) is 77.0 Å². The Kier molecular flexibility index (Phi) is 35.1. The second-order valence-corrected chi connectivity index (χ2v) is 17.6. The zero-order chi connectivity index (χ0) is 48.9. The van der Waals surface area contributed by atoms with E-state index in [4.69, 9.17) is 18.9 Å². The highest BCUT2D eigenvalue weighted by Gasteiger charge is 2.51. The number of hydrogen-bond donors (Lipinski definition) is 9. The number of carbonyl (C=O) groups is 1. The maximum Gasteiger partial charge on any atom is 0.220 e. The van der Waals surface area contributed by atoms with Crippen LogP contribution in [0.1, 0.15) is 149 Å². The van der Waals surface area contributed by atoms with Crippen molar-refractivity contribution in [2.24, 2.45) is 0 Å². The molecule has 2 aliphatic rings. The number of aliphatic hydroxyl groups excluding tert-OH is 8. The Bertz CT molecular complexity index is 1450. The number of hydrogen-bond acceptors (Lipinski definition) is 13. The molecule has 0 aromatic heterocycles. The van der Waals surface area contributed by atoms with Gasteiger partial charge in [-0.2, -0.15) is 0 Å². The van der Waals surface area contributed by atoms with Crippen LogP contribution in [0.5, 0.6) is 0 Å². The summed E-state index contributed by atoms with van der Waals surface area (Å²) in [5.74, 6) is -0.287. The Morgan fingerprint density at radius 1 is 0.552 bits per heavy atom. The first-order valence-corrected chi connectivity index (χ1v) is 25.3. The second-order valence-electron chi connectivity index (χ2n) is 17.6. The molecule has 12 unspecified atom stereocenters. The molecule has 12 atom stereocenters. The SMILES string of the molecule is CC/C=C\C/C=C\C/C=C\C/C=C\C/C=C\C/C=C\CCCCC(=O)NC(COC1OC(CO)C(OC2OC(CO)C(O)C(O)C2O)C(O)C1O)C(O)/C=C/CCCCCCCCCCCC. The van der Waals surface area contributed by atoms with Crippen LogP contribution in [0.3, 0.4) is 0 Å². The van der Waals surface area contributed by atoms with E-state index in [1.165, 1.54) is 44.9 Å². The molecule has 0 aliphatic carbocycles. The molecular weight excluding hydrogens is 859 g/mol. The Balaban J connectivity index is 1.86. The van der Waals surface area contributed by atoms with Gasteiger partial charge >= 0.3 is 0 Å². The molecule has 0 aromatic rings. The summed E-state index contributed by atoms with van der Waals surface area (Å²) < 4.78 is 22.6. The van der Waals surface area contributed by atoms with Gasteiger partial charge in [0.25, 0.3) is 0 Å². The van der Waals surface area contributed by atoms with Crippen molar-refractivity contribution in [3.05, 3.63) is 85.1 Å². The molecule has 384 valence electrons. The number of rotatable bonds is 37. The van der Waals surface area contributed by atoms with Gasteiger partial charge in [-0.05, 0) is 70.6 Å². The molecular formula is C53H89NO13. The van der Waals surface area contributed by atoms with Crippen LogP contribution in [-0.4, -0.2) is 140 Å². The predicted molar refractivity (Wildman–Crippen MR) is 263 cm³/mol. The number of carbonyl (C=O) groups excluding carboxylic acids is 1. The Labute approximate surface area is 401 Å². The minimum Gasteiger partial charge on any atom is -0.394 e. The summed E-state index contributed by atoms with van der Waals surface area (Å²) >= 11 is 0. The number of amides is 1. The average Bonchev–Trinajstić information content (AvgIpc) is 3.32. The van der Waals surface area contributed by atoms with Crippen LogP contribution in [0.15, 0.2) is 85.1 Å². The van der Waals surface area contributed by atoms with Crippen LogP contribution in [0.2, 0.25) is 0 Å². The molecule has 1 amide bonds. The molecule has 14 heteroatoms. The van der Waals surface area contributed by atoms with Crippen LogP contribution < -0.4 is 5.32 Å². The number of ether oxygens (including phenoxy) is 4. The van der Waals surface area contributed by atoms with Crippen LogP contribution in [0, 0.1) is 0 Å². The molecule has 0 radical (unpaired) electrons. The molecule has 14 nitrogen and oxygen atoms in total. The summed E-state index contributed by atoms with van der Waals surface area (Å²) in [5, 5.41) is 86.6. The van der Waals surface area contributed by atoms with Crippen molar-refractivity contribution in [3.63, 3.8) is 0 Å². The molecule has 0 aromatic carbocycles. The van der Waals surface area contributed by atoms with Gasteiger partial charge in [-0.15, -0.1) is 0 Å². The van der Waals surface area contributed by atoms with Crippen LogP contribution >= 0.6 is 0 Å². The smallest absolute Gasteiger partial charge is 0.220 e. The zero-order valence-corrected chi connectivity index (χ0v) is 40.6. The standard InChI is InChI=1S/C53H89NO13/c1-3-5-7-9-11-13-15-17-18-19-20-21-22-23-24-25-27-29-31-33-35-37-45(58)54-41(42(57)36-34-32-30-28-26-16-14-12-10-8-6-4-2)40-64-52-50(63)48(61)51(44(39-56)66-52)67-53-49(62)47(60)46(59)43(38-55)65-53/h5,7,11,13,17-18,20-21,23-24,27,29,34,36,41-44,46-53,55-57,59-63H,3-4,6,8-10,12,14-16,19,22,25-26,28,30-33,35,37-40H2,1-2H3,(H,54,58)/b7-5-,13-11-,18-17-,21-20-,24-23-,29-27-,36-34+. The summed E-state index contributed by atoms with van der Waals surface area (Å²) in [6.07, 6.45) is 33.4. The fraction of sp³-hybridized carbons (Fsp3) is 0.717. The van der Waals surface area contributed by atoms with E-state index in [9.17, 15) is 45.6 Å². The molecule has 9 N–H and O–H groups in total. The highest BCUT2D eigenvalue weighted by atomic mass is 16.7. The molecule has 0 spiro atoms. The Hall–Kier alpha value is -2.83. The van der Waals surface area contributed by atoms with Crippen molar-refractivity contribution in [2.75, 3.05) is 19.8 Å². The third kappa shape index (κ3) is 26.1. The minimum atomic E-state index is -1.80. The van der Waals surface area contributed by atoms with Gasteiger partial charge in [-0.3, -0.25) is 4.79 Å². The normalized spacial score (nSPS) is 27.3. The molecule has 2 fully saturated rings. The largest absolute Gasteiger partial charge is 0.394 e. The number of allylic oxidation sites excluding steroid dienone is 13. The topological polar surface area (TPSA) is 228 Å². The lowest BCUT2D eigenvalue weighted by Crippen LogP contribution is -2.65. The van der Waals surface area contributed by atoms with Gasteiger partial charge in [0.1, 0.15) is 48.8 Å². The van der Waals surface area contributed by atoms with Crippen molar-refractivity contribution in [1.29, 1.82) is 0 Å². The molecule has 2 rings (SSSR count). The second kappa shape index (κ2) is 39.0. The van der Waals surface area contributed by atoms with Crippen molar-refractivity contribution < 1.29 is 64.6 Å². The highest BCUT2D eigenvalue weighted by Crippen LogP contribution is 2.30. The van der Waals surface area contributed by atoms with Gasteiger partial charge < -0.3 is 65.1 Å². The first-order valence-electron chi connectivity index (χ1n) is 25.3. The van der Waals surface area contributed by atoms with E-state index in [1.54, 1.807) is 6.08 Å². The monoisotopic (exact) mass is 948 g/mol. The molecule has 0 saturated carbocycles. The van der Waals surface area contributed by atoms with E-state index in [0.29, 0.717) is 6.42 Å². The highest BCUT2D eigenvalue weighted by molar-refractivity contribution is 5.76. The fourth-order valence-electron chi connectivity index (χ4n) is 7.70. The lowest BCUT2D eigenvalue weighted by Gasteiger charge is -2.46. The van der Waals surface area contributed by atoms with Crippen molar-refractivity contribution >= 4 is 5.91 Å². The fourth-order valence-corrected chi connectivity index (χ4v) is 7.70. The van der Waals surface area contributed by atoms with Gasteiger partial charge in [-0.25, -0.2) is 0 Å². The van der Waals surface area contributed by atoms with Gasteiger partial charge in [0.05, 0.1) is 32.0 Å².